The molecule has 102 valence electrons. The van der Waals surface area contributed by atoms with Crippen molar-refractivity contribution < 1.29 is 0 Å². The smallest absolute Gasteiger partial charge is 0.131 e. The normalized spacial score (nSPS) is 17.8. The van der Waals surface area contributed by atoms with Crippen LogP contribution in [-0.4, -0.2) is 22.9 Å². The van der Waals surface area contributed by atoms with Gasteiger partial charge in [-0.2, -0.15) is 5.10 Å². The van der Waals surface area contributed by atoms with Crippen LogP contribution in [0.15, 0.2) is 0 Å². The Balaban J connectivity index is 2.23. The highest BCUT2D eigenvalue weighted by Crippen LogP contribution is 2.29. The van der Waals surface area contributed by atoms with Gasteiger partial charge in [-0.25, -0.2) is 0 Å². The molecule has 1 aliphatic carbocycles. The molecule has 0 amide bonds. The summed E-state index contributed by atoms with van der Waals surface area (Å²) in [6.07, 6.45) is 8.06. The largest absolute Gasteiger partial charge is 0.357 e. The van der Waals surface area contributed by atoms with Gasteiger partial charge < -0.3 is 4.90 Å². The van der Waals surface area contributed by atoms with Crippen molar-refractivity contribution in [2.24, 2.45) is 7.05 Å². The molecule has 0 spiro atoms. The fourth-order valence-electron chi connectivity index (χ4n) is 3.11. The Hall–Kier alpha value is -0.700. The van der Waals surface area contributed by atoms with Crippen LogP contribution in [0.5, 0.6) is 0 Å². The Bertz CT molecular complexity index is 392. The monoisotopic (exact) mass is 269 g/mol. The van der Waals surface area contributed by atoms with E-state index in [4.69, 9.17) is 11.6 Å². The molecule has 18 heavy (non-hydrogen) atoms. The lowest BCUT2D eigenvalue weighted by atomic mass is 10.1. The highest BCUT2D eigenvalue weighted by atomic mass is 35.5. The predicted molar refractivity (Wildman–Crippen MR) is 77.4 cm³/mol. The number of alkyl halides is 1. The van der Waals surface area contributed by atoms with Crippen molar-refractivity contribution >= 4 is 17.4 Å². The Morgan fingerprint density at radius 1 is 1.28 bits per heavy atom. The van der Waals surface area contributed by atoms with Crippen molar-refractivity contribution in [1.29, 1.82) is 0 Å². The third kappa shape index (κ3) is 2.66. The van der Waals surface area contributed by atoms with Gasteiger partial charge in [-0.15, -0.1) is 11.6 Å². The van der Waals surface area contributed by atoms with E-state index in [1.165, 1.54) is 49.9 Å². The van der Waals surface area contributed by atoms with Crippen LogP contribution >= 0.6 is 11.6 Å². The lowest BCUT2D eigenvalue weighted by Crippen LogP contribution is -2.33. The standard InChI is InChI=1S/C14H24ClN3/c1-11-13(10-15)14(18(3)16-11)17(2)12-8-6-4-5-7-9-12/h12H,4-10H2,1-3H3. The molecule has 0 aromatic carbocycles. The van der Waals surface area contributed by atoms with Crippen molar-refractivity contribution in [3.63, 3.8) is 0 Å². The average Bonchev–Trinajstić information content (AvgIpc) is 2.57. The van der Waals surface area contributed by atoms with Gasteiger partial charge in [0.2, 0.25) is 0 Å². The van der Waals surface area contributed by atoms with Crippen LogP contribution in [0.25, 0.3) is 0 Å². The Morgan fingerprint density at radius 2 is 1.89 bits per heavy atom. The molecule has 0 aliphatic heterocycles. The van der Waals surface area contributed by atoms with Crippen LogP contribution in [0.2, 0.25) is 0 Å². The van der Waals surface area contributed by atoms with Crippen molar-refractivity contribution in [2.45, 2.75) is 57.4 Å². The van der Waals surface area contributed by atoms with Gasteiger partial charge in [0.1, 0.15) is 5.82 Å². The van der Waals surface area contributed by atoms with Gasteiger partial charge in [-0.1, -0.05) is 25.7 Å². The van der Waals surface area contributed by atoms with Gasteiger partial charge >= 0.3 is 0 Å². The maximum Gasteiger partial charge on any atom is 0.131 e. The molecular formula is C14H24ClN3. The molecule has 0 unspecified atom stereocenters. The van der Waals surface area contributed by atoms with E-state index in [2.05, 4.69) is 17.0 Å². The second-order valence-electron chi connectivity index (χ2n) is 5.40. The van der Waals surface area contributed by atoms with Gasteiger partial charge in [0.25, 0.3) is 0 Å². The van der Waals surface area contributed by atoms with Gasteiger partial charge in [0, 0.05) is 25.7 Å². The molecule has 0 bridgehead atoms. The zero-order chi connectivity index (χ0) is 13.1. The number of hydrogen-bond acceptors (Lipinski definition) is 2. The molecule has 3 nitrogen and oxygen atoms in total. The first kappa shape index (κ1) is 13.7. The van der Waals surface area contributed by atoms with Gasteiger partial charge in [0.05, 0.1) is 11.6 Å². The molecule has 2 rings (SSSR count). The Morgan fingerprint density at radius 3 is 2.44 bits per heavy atom. The highest BCUT2D eigenvalue weighted by molar-refractivity contribution is 6.17. The van der Waals surface area contributed by atoms with E-state index in [0.29, 0.717) is 11.9 Å². The SMILES string of the molecule is Cc1nn(C)c(N(C)C2CCCCCC2)c1CCl. The minimum atomic E-state index is 0.548. The summed E-state index contributed by atoms with van der Waals surface area (Å²) in [4.78, 5) is 2.41. The minimum Gasteiger partial charge on any atom is -0.357 e. The lowest BCUT2D eigenvalue weighted by molar-refractivity contribution is 0.538. The van der Waals surface area contributed by atoms with Gasteiger partial charge in [-0.05, 0) is 19.8 Å². The number of aryl methyl sites for hydroxylation is 2. The third-order valence-electron chi connectivity index (χ3n) is 4.15. The van der Waals surface area contributed by atoms with Crippen molar-refractivity contribution in [3.05, 3.63) is 11.3 Å². The van der Waals surface area contributed by atoms with Crippen LogP contribution < -0.4 is 4.90 Å². The topological polar surface area (TPSA) is 21.1 Å². The van der Waals surface area contributed by atoms with Crippen molar-refractivity contribution in [3.8, 4) is 0 Å². The van der Waals surface area contributed by atoms with Gasteiger partial charge in [-0.3, -0.25) is 4.68 Å². The van der Waals surface area contributed by atoms with E-state index < -0.39 is 0 Å². The molecule has 1 aromatic rings. The molecule has 4 heteroatoms. The van der Waals surface area contributed by atoms with Crippen LogP contribution in [0.1, 0.15) is 49.8 Å². The van der Waals surface area contributed by atoms with Crippen LogP contribution in [-0.2, 0) is 12.9 Å². The molecule has 0 saturated heterocycles. The van der Waals surface area contributed by atoms with E-state index in [1.54, 1.807) is 0 Å². The van der Waals surface area contributed by atoms with Crippen LogP contribution in [0, 0.1) is 6.92 Å². The van der Waals surface area contributed by atoms with E-state index in [0.717, 1.165) is 5.69 Å². The zero-order valence-corrected chi connectivity index (χ0v) is 12.5. The predicted octanol–water partition coefficient (Wildman–Crippen LogP) is 3.63. The summed E-state index contributed by atoms with van der Waals surface area (Å²) in [5, 5.41) is 4.51. The zero-order valence-electron chi connectivity index (χ0n) is 11.7. The summed E-state index contributed by atoms with van der Waals surface area (Å²) in [6.45, 7) is 2.04. The summed E-state index contributed by atoms with van der Waals surface area (Å²) in [7, 11) is 4.22. The molecule has 0 N–H and O–H groups in total. The number of anilines is 1. The van der Waals surface area contributed by atoms with Gasteiger partial charge in [0.15, 0.2) is 0 Å². The van der Waals surface area contributed by atoms with E-state index in [1.807, 2.05) is 18.7 Å². The summed E-state index contributed by atoms with van der Waals surface area (Å²) in [5.74, 6) is 1.75. The second-order valence-corrected chi connectivity index (χ2v) is 5.67. The Labute approximate surface area is 115 Å². The maximum atomic E-state index is 6.09. The number of hydrogen-bond donors (Lipinski definition) is 0. The maximum absolute atomic E-state index is 6.09. The third-order valence-corrected chi connectivity index (χ3v) is 4.42. The molecule has 1 aromatic heterocycles. The molecule has 1 saturated carbocycles. The molecule has 1 fully saturated rings. The van der Waals surface area contributed by atoms with Crippen LogP contribution in [0.4, 0.5) is 5.82 Å². The first-order valence-electron chi connectivity index (χ1n) is 6.96. The molecule has 1 heterocycles. The van der Waals surface area contributed by atoms with E-state index >= 15 is 0 Å². The molecule has 1 aliphatic rings. The Kier molecular flexibility index (Phi) is 4.55. The summed E-state index contributed by atoms with van der Waals surface area (Å²) < 4.78 is 1.98. The van der Waals surface area contributed by atoms with Crippen molar-refractivity contribution in [1.82, 2.24) is 9.78 Å². The number of rotatable bonds is 3. The molecule has 0 radical (unpaired) electrons. The average molecular weight is 270 g/mol. The number of aromatic nitrogens is 2. The fourth-order valence-corrected chi connectivity index (χ4v) is 3.42. The first-order chi connectivity index (χ1) is 8.65. The van der Waals surface area contributed by atoms with Crippen LogP contribution in [0.3, 0.4) is 0 Å². The van der Waals surface area contributed by atoms with E-state index in [-0.39, 0.29) is 0 Å². The highest BCUT2D eigenvalue weighted by Gasteiger charge is 2.23. The fraction of sp³-hybridized carbons (Fsp3) is 0.786. The number of halogens is 1. The quantitative estimate of drug-likeness (QED) is 0.617. The lowest BCUT2D eigenvalue weighted by Gasteiger charge is -2.29. The first-order valence-corrected chi connectivity index (χ1v) is 7.50. The summed E-state index contributed by atoms with van der Waals surface area (Å²) >= 11 is 6.09. The minimum absolute atomic E-state index is 0.548. The van der Waals surface area contributed by atoms with E-state index in [9.17, 15) is 0 Å². The van der Waals surface area contributed by atoms with Crippen molar-refractivity contribution in [2.75, 3.05) is 11.9 Å². The summed E-state index contributed by atoms with van der Waals surface area (Å²) in [5.41, 5.74) is 2.24. The number of nitrogens with zero attached hydrogens (tertiary/aromatic N) is 3. The summed E-state index contributed by atoms with van der Waals surface area (Å²) in [6, 6.07) is 0.643. The molecular weight excluding hydrogens is 246 g/mol. The second kappa shape index (κ2) is 5.96. The molecule has 0 atom stereocenters.